The second-order valence-electron chi connectivity index (χ2n) is 3.53. The van der Waals surface area contributed by atoms with E-state index >= 15 is 0 Å². The van der Waals surface area contributed by atoms with Crippen LogP contribution >= 0.6 is 11.8 Å². The van der Waals surface area contributed by atoms with Crippen molar-refractivity contribution in [2.75, 3.05) is 5.73 Å². The largest absolute Gasteiger partial charge is 0.398 e. The highest BCUT2D eigenvalue weighted by Gasteiger charge is 2.03. The third kappa shape index (κ3) is 2.36. The van der Waals surface area contributed by atoms with Gasteiger partial charge >= 0.3 is 0 Å². The van der Waals surface area contributed by atoms with E-state index in [1.165, 1.54) is 23.9 Å². The number of hydrogen-bond donors (Lipinski definition) is 1. The summed E-state index contributed by atoms with van der Waals surface area (Å²) in [6, 6.07) is 12.3. The normalized spacial score (nSPS) is 10.4. The van der Waals surface area contributed by atoms with Gasteiger partial charge in [0.2, 0.25) is 0 Å². The van der Waals surface area contributed by atoms with Gasteiger partial charge in [0.25, 0.3) is 0 Å². The summed E-state index contributed by atoms with van der Waals surface area (Å²) in [7, 11) is 0. The lowest BCUT2D eigenvalue weighted by Gasteiger charge is -2.07. The van der Waals surface area contributed by atoms with Gasteiger partial charge in [0, 0.05) is 15.5 Å². The highest BCUT2D eigenvalue weighted by atomic mass is 32.2. The molecule has 0 aliphatic heterocycles. The number of anilines is 1. The SMILES string of the molecule is Cc1c(N)cccc1Sc1cccc(F)c1. The fourth-order valence-corrected chi connectivity index (χ4v) is 2.39. The molecular formula is C13H12FNS. The summed E-state index contributed by atoms with van der Waals surface area (Å²) < 4.78 is 13.0. The summed E-state index contributed by atoms with van der Waals surface area (Å²) >= 11 is 1.52. The Labute approximate surface area is 98.5 Å². The highest BCUT2D eigenvalue weighted by molar-refractivity contribution is 7.99. The number of rotatable bonds is 2. The Hall–Kier alpha value is -1.48. The molecule has 0 aliphatic carbocycles. The molecule has 0 fully saturated rings. The van der Waals surface area contributed by atoms with Gasteiger partial charge in [-0.15, -0.1) is 0 Å². The fourth-order valence-electron chi connectivity index (χ4n) is 1.40. The minimum absolute atomic E-state index is 0.216. The first-order chi connectivity index (χ1) is 7.66. The molecule has 3 heteroatoms. The van der Waals surface area contributed by atoms with Crippen LogP contribution in [0.1, 0.15) is 5.56 Å². The molecule has 1 nitrogen and oxygen atoms in total. The molecule has 0 saturated carbocycles. The van der Waals surface area contributed by atoms with Gasteiger partial charge in [-0.3, -0.25) is 0 Å². The van der Waals surface area contributed by atoms with Crippen molar-refractivity contribution >= 4 is 17.4 Å². The van der Waals surface area contributed by atoms with E-state index in [1.54, 1.807) is 6.07 Å². The zero-order chi connectivity index (χ0) is 11.5. The molecule has 0 spiro atoms. The van der Waals surface area contributed by atoms with Gasteiger partial charge in [-0.25, -0.2) is 4.39 Å². The monoisotopic (exact) mass is 233 g/mol. The van der Waals surface area contributed by atoms with Crippen molar-refractivity contribution in [1.82, 2.24) is 0 Å². The first-order valence-corrected chi connectivity index (χ1v) is 5.77. The molecular weight excluding hydrogens is 221 g/mol. The molecule has 0 radical (unpaired) electrons. The summed E-state index contributed by atoms with van der Waals surface area (Å²) in [5.74, 6) is -0.216. The van der Waals surface area contributed by atoms with Gasteiger partial charge in [0.05, 0.1) is 0 Å². The van der Waals surface area contributed by atoms with Crippen LogP contribution in [0.15, 0.2) is 52.3 Å². The lowest BCUT2D eigenvalue weighted by molar-refractivity contribution is 0.624. The zero-order valence-corrected chi connectivity index (χ0v) is 9.72. The maximum Gasteiger partial charge on any atom is 0.124 e. The van der Waals surface area contributed by atoms with Crippen LogP contribution in [0.4, 0.5) is 10.1 Å². The molecule has 0 saturated heterocycles. The topological polar surface area (TPSA) is 26.0 Å². The summed E-state index contributed by atoms with van der Waals surface area (Å²) in [6.45, 7) is 1.97. The lowest BCUT2D eigenvalue weighted by Crippen LogP contribution is -1.90. The van der Waals surface area contributed by atoms with Crippen LogP contribution in [0.3, 0.4) is 0 Å². The predicted molar refractivity (Wildman–Crippen MR) is 66.1 cm³/mol. The number of halogens is 1. The number of hydrogen-bond acceptors (Lipinski definition) is 2. The maximum atomic E-state index is 13.0. The van der Waals surface area contributed by atoms with Crippen molar-refractivity contribution in [3.63, 3.8) is 0 Å². The van der Waals surface area contributed by atoms with E-state index in [-0.39, 0.29) is 5.82 Å². The van der Waals surface area contributed by atoms with E-state index < -0.39 is 0 Å². The van der Waals surface area contributed by atoms with Crippen LogP contribution in [0.2, 0.25) is 0 Å². The average molecular weight is 233 g/mol. The quantitative estimate of drug-likeness (QED) is 0.797. The molecule has 0 atom stereocenters. The Morgan fingerprint density at radius 3 is 2.62 bits per heavy atom. The van der Waals surface area contributed by atoms with E-state index in [0.717, 1.165) is 21.0 Å². The van der Waals surface area contributed by atoms with Crippen molar-refractivity contribution in [3.8, 4) is 0 Å². The zero-order valence-electron chi connectivity index (χ0n) is 8.91. The maximum absolute atomic E-state index is 13.0. The molecule has 0 bridgehead atoms. The van der Waals surface area contributed by atoms with Crippen LogP contribution < -0.4 is 5.73 Å². The molecule has 2 N–H and O–H groups in total. The Balaban J connectivity index is 2.31. The molecule has 2 aromatic carbocycles. The second-order valence-corrected chi connectivity index (χ2v) is 4.65. The van der Waals surface area contributed by atoms with E-state index in [1.807, 2.05) is 31.2 Å². The van der Waals surface area contributed by atoms with Crippen LogP contribution in [-0.2, 0) is 0 Å². The molecule has 0 amide bonds. The van der Waals surface area contributed by atoms with Gasteiger partial charge in [-0.05, 0) is 42.8 Å². The van der Waals surface area contributed by atoms with Crippen LogP contribution in [0, 0.1) is 12.7 Å². The van der Waals surface area contributed by atoms with Crippen molar-refractivity contribution in [3.05, 3.63) is 53.8 Å². The summed E-state index contributed by atoms with van der Waals surface area (Å²) in [5.41, 5.74) is 7.62. The van der Waals surface area contributed by atoms with Gasteiger partial charge in [-0.1, -0.05) is 23.9 Å². The molecule has 82 valence electrons. The van der Waals surface area contributed by atoms with E-state index in [9.17, 15) is 4.39 Å². The molecule has 2 aromatic rings. The van der Waals surface area contributed by atoms with Crippen LogP contribution in [0.5, 0.6) is 0 Å². The predicted octanol–water partition coefficient (Wildman–Crippen LogP) is 3.87. The van der Waals surface area contributed by atoms with Crippen molar-refractivity contribution < 1.29 is 4.39 Å². The van der Waals surface area contributed by atoms with Crippen molar-refractivity contribution in [1.29, 1.82) is 0 Å². The Kier molecular flexibility index (Phi) is 3.15. The third-order valence-electron chi connectivity index (χ3n) is 2.35. The molecule has 0 unspecified atom stereocenters. The Morgan fingerprint density at radius 1 is 1.12 bits per heavy atom. The first kappa shape index (κ1) is 11.0. The highest BCUT2D eigenvalue weighted by Crippen LogP contribution is 2.32. The fraction of sp³-hybridized carbons (Fsp3) is 0.0769. The van der Waals surface area contributed by atoms with Crippen molar-refractivity contribution in [2.24, 2.45) is 0 Å². The van der Waals surface area contributed by atoms with Gasteiger partial charge in [0.1, 0.15) is 5.82 Å². The van der Waals surface area contributed by atoms with Crippen LogP contribution in [0.25, 0.3) is 0 Å². The molecule has 2 rings (SSSR count). The minimum Gasteiger partial charge on any atom is -0.398 e. The van der Waals surface area contributed by atoms with Crippen molar-refractivity contribution in [2.45, 2.75) is 16.7 Å². The smallest absolute Gasteiger partial charge is 0.124 e. The molecule has 0 heterocycles. The molecule has 0 aliphatic rings. The van der Waals surface area contributed by atoms with E-state index in [2.05, 4.69) is 0 Å². The second kappa shape index (κ2) is 4.58. The number of nitrogens with two attached hydrogens (primary N) is 1. The number of benzene rings is 2. The lowest BCUT2D eigenvalue weighted by atomic mass is 10.2. The minimum atomic E-state index is -0.216. The summed E-state index contributed by atoms with van der Waals surface area (Å²) in [6.07, 6.45) is 0. The number of nitrogen functional groups attached to an aromatic ring is 1. The standard InChI is InChI=1S/C13H12FNS/c1-9-12(15)6-3-7-13(9)16-11-5-2-4-10(14)8-11/h2-8H,15H2,1H3. The van der Waals surface area contributed by atoms with Gasteiger partial charge in [-0.2, -0.15) is 0 Å². The van der Waals surface area contributed by atoms with E-state index in [0.29, 0.717) is 0 Å². The Morgan fingerprint density at radius 2 is 1.88 bits per heavy atom. The molecule has 0 aromatic heterocycles. The van der Waals surface area contributed by atoms with E-state index in [4.69, 9.17) is 5.73 Å². The first-order valence-electron chi connectivity index (χ1n) is 4.95. The third-order valence-corrected chi connectivity index (χ3v) is 3.50. The Bertz CT molecular complexity index is 511. The van der Waals surface area contributed by atoms with Gasteiger partial charge in [0.15, 0.2) is 0 Å². The summed E-state index contributed by atoms with van der Waals surface area (Å²) in [5, 5.41) is 0. The average Bonchev–Trinajstić information content (AvgIpc) is 2.25. The summed E-state index contributed by atoms with van der Waals surface area (Å²) in [4.78, 5) is 1.94. The van der Waals surface area contributed by atoms with Gasteiger partial charge < -0.3 is 5.73 Å². The molecule has 16 heavy (non-hydrogen) atoms. The van der Waals surface area contributed by atoms with Crippen LogP contribution in [-0.4, -0.2) is 0 Å².